The van der Waals surface area contributed by atoms with Crippen LogP contribution < -0.4 is 9.46 Å². The highest BCUT2D eigenvalue weighted by atomic mass is 32.2. The van der Waals surface area contributed by atoms with Crippen LogP contribution in [0.5, 0.6) is 5.75 Å². The second-order valence-electron chi connectivity index (χ2n) is 7.62. The van der Waals surface area contributed by atoms with Crippen LogP contribution in [-0.4, -0.2) is 70.1 Å². The summed E-state index contributed by atoms with van der Waals surface area (Å²) in [5, 5.41) is 0. The first-order chi connectivity index (χ1) is 14.5. The van der Waals surface area contributed by atoms with Crippen LogP contribution in [0.15, 0.2) is 18.2 Å². The van der Waals surface area contributed by atoms with Crippen LogP contribution in [0.2, 0.25) is 0 Å². The Morgan fingerprint density at radius 2 is 1.77 bits per heavy atom. The topological polar surface area (TPSA) is 105 Å². The number of carbonyl (C=O) groups excluding carboxylic acids is 2. The number of anilines is 1. The van der Waals surface area contributed by atoms with E-state index in [1.807, 2.05) is 0 Å². The molecule has 30 heavy (non-hydrogen) atoms. The maximum absolute atomic E-state index is 12.8. The maximum Gasteiger partial charge on any atom is 0.409 e. The van der Waals surface area contributed by atoms with Crippen molar-refractivity contribution in [2.75, 3.05) is 44.6 Å². The molecular formula is C20H29N3O6S. The minimum Gasteiger partial charge on any atom is -0.495 e. The van der Waals surface area contributed by atoms with Crippen molar-refractivity contribution in [2.45, 2.75) is 32.1 Å². The molecule has 1 aliphatic carbocycles. The van der Waals surface area contributed by atoms with E-state index in [4.69, 9.17) is 9.47 Å². The Hall–Kier alpha value is -2.49. The van der Waals surface area contributed by atoms with Crippen molar-refractivity contribution < 1.29 is 27.5 Å². The molecule has 0 aromatic heterocycles. The van der Waals surface area contributed by atoms with Gasteiger partial charge in [-0.15, -0.1) is 0 Å². The van der Waals surface area contributed by atoms with E-state index in [0.717, 1.165) is 6.42 Å². The van der Waals surface area contributed by atoms with Gasteiger partial charge in [0.1, 0.15) is 5.75 Å². The van der Waals surface area contributed by atoms with Crippen molar-refractivity contribution in [3.8, 4) is 5.75 Å². The quantitative estimate of drug-likeness (QED) is 0.631. The van der Waals surface area contributed by atoms with E-state index < -0.39 is 10.9 Å². The summed E-state index contributed by atoms with van der Waals surface area (Å²) in [6, 6.07) is 4.55. The SMILES string of the molecule is COc1cc(C(=O)N2CCN(C(=O)OCCC3CCCC3)CC2)ccc1N[SH](=O)=O. The van der Waals surface area contributed by atoms with Gasteiger partial charge in [-0.1, -0.05) is 25.7 Å². The number of hydrogen-bond donors (Lipinski definition) is 2. The van der Waals surface area contributed by atoms with Crippen LogP contribution in [0.4, 0.5) is 10.5 Å². The summed E-state index contributed by atoms with van der Waals surface area (Å²) in [5.74, 6) is 0.755. The van der Waals surface area contributed by atoms with Crippen LogP contribution >= 0.6 is 0 Å². The highest BCUT2D eigenvalue weighted by molar-refractivity contribution is 7.73. The number of rotatable bonds is 7. The first-order valence-electron chi connectivity index (χ1n) is 10.3. The lowest BCUT2D eigenvalue weighted by Crippen LogP contribution is -2.50. The molecule has 2 fully saturated rings. The van der Waals surface area contributed by atoms with Crippen LogP contribution in [0.25, 0.3) is 0 Å². The molecule has 1 heterocycles. The predicted octanol–water partition coefficient (Wildman–Crippen LogP) is 2.11. The Labute approximate surface area is 178 Å². The van der Waals surface area contributed by atoms with Gasteiger partial charge in [0.15, 0.2) is 0 Å². The Kier molecular flexibility index (Phi) is 7.78. The number of thiol groups is 1. The lowest BCUT2D eigenvalue weighted by molar-refractivity contribution is 0.0548. The second-order valence-corrected chi connectivity index (χ2v) is 8.35. The molecule has 10 heteroatoms. The third-order valence-corrected chi connectivity index (χ3v) is 6.14. The number of nitrogens with zero attached hydrogens (tertiary/aromatic N) is 2. The number of methoxy groups -OCH3 is 1. The molecule has 0 unspecified atom stereocenters. The summed E-state index contributed by atoms with van der Waals surface area (Å²) in [4.78, 5) is 28.3. The van der Waals surface area contributed by atoms with Crippen molar-refractivity contribution in [3.05, 3.63) is 23.8 Å². The van der Waals surface area contributed by atoms with Crippen LogP contribution in [0.1, 0.15) is 42.5 Å². The molecule has 1 N–H and O–H groups in total. The van der Waals surface area contributed by atoms with Crippen molar-refractivity contribution >= 4 is 28.6 Å². The van der Waals surface area contributed by atoms with Crippen molar-refractivity contribution in [2.24, 2.45) is 5.92 Å². The Morgan fingerprint density at radius 1 is 1.10 bits per heavy atom. The molecule has 0 bridgehead atoms. The Morgan fingerprint density at radius 3 is 2.40 bits per heavy atom. The van der Waals surface area contributed by atoms with Crippen LogP contribution in [0, 0.1) is 5.92 Å². The first-order valence-corrected chi connectivity index (χ1v) is 11.5. The fourth-order valence-corrected chi connectivity index (χ4v) is 4.37. The van der Waals surface area contributed by atoms with Gasteiger partial charge in [-0.25, -0.2) is 13.2 Å². The zero-order valence-electron chi connectivity index (χ0n) is 17.2. The average Bonchev–Trinajstić information content (AvgIpc) is 3.26. The van der Waals surface area contributed by atoms with Gasteiger partial charge in [0.2, 0.25) is 10.9 Å². The van der Waals surface area contributed by atoms with Gasteiger partial charge in [0, 0.05) is 31.7 Å². The fraction of sp³-hybridized carbons (Fsp3) is 0.600. The van der Waals surface area contributed by atoms with E-state index >= 15 is 0 Å². The molecule has 166 valence electrons. The molecule has 1 saturated carbocycles. The van der Waals surface area contributed by atoms with E-state index in [1.54, 1.807) is 15.9 Å². The van der Waals surface area contributed by atoms with Crippen molar-refractivity contribution in [1.82, 2.24) is 9.80 Å². The number of piperazine rings is 1. The summed E-state index contributed by atoms with van der Waals surface area (Å²) >= 11 is 0. The Bertz CT molecular complexity index is 822. The largest absolute Gasteiger partial charge is 0.495 e. The second kappa shape index (κ2) is 10.5. The molecule has 2 amide bonds. The summed E-state index contributed by atoms with van der Waals surface area (Å²) in [6.45, 7) is 2.11. The molecule has 0 radical (unpaired) electrons. The molecular weight excluding hydrogens is 410 g/mol. The summed E-state index contributed by atoms with van der Waals surface area (Å²) in [7, 11) is -1.42. The standard InChI is InChI=1S/C20H29N3O6S/c1-28-18-14-16(6-7-17(18)21-30(26)27)19(24)22-9-11-23(12-10-22)20(25)29-13-8-15-4-2-3-5-15/h6-7,14-15,30H,2-5,8-13H2,1H3,(H,21,26,27). The van der Waals surface area contributed by atoms with E-state index in [1.165, 1.54) is 44.9 Å². The van der Waals surface area contributed by atoms with Crippen LogP contribution in [0.3, 0.4) is 0 Å². The number of benzene rings is 1. The minimum atomic E-state index is -2.83. The molecule has 9 nitrogen and oxygen atoms in total. The third kappa shape index (κ3) is 5.78. The molecule has 3 rings (SSSR count). The minimum absolute atomic E-state index is 0.194. The number of nitrogens with one attached hydrogen (secondary N) is 1. The number of carbonyl (C=O) groups is 2. The molecule has 1 aliphatic heterocycles. The summed E-state index contributed by atoms with van der Waals surface area (Å²) < 4.78 is 34.6. The highest BCUT2D eigenvalue weighted by Crippen LogP contribution is 2.28. The summed E-state index contributed by atoms with van der Waals surface area (Å²) in [6.07, 6.45) is 5.63. The zero-order valence-corrected chi connectivity index (χ0v) is 18.1. The van der Waals surface area contributed by atoms with Gasteiger partial charge in [0.05, 0.1) is 19.4 Å². The lowest BCUT2D eigenvalue weighted by atomic mass is 10.1. The van der Waals surface area contributed by atoms with E-state index in [2.05, 4.69) is 4.72 Å². The van der Waals surface area contributed by atoms with E-state index in [9.17, 15) is 18.0 Å². The monoisotopic (exact) mass is 439 g/mol. The van der Waals surface area contributed by atoms with Crippen molar-refractivity contribution in [3.63, 3.8) is 0 Å². The van der Waals surface area contributed by atoms with Gasteiger partial charge in [-0.2, -0.15) is 0 Å². The molecule has 2 aliphatic rings. The van der Waals surface area contributed by atoms with Crippen molar-refractivity contribution in [1.29, 1.82) is 0 Å². The number of ether oxygens (including phenoxy) is 2. The number of amides is 2. The molecule has 1 aromatic rings. The molecule has 1 saturated heterocycles. The number of hydrogen-bond acceptors (Lipinski definition) is 6. The zero-order chi connectivity index (χ0) is 21.5. The van der Waals surface area contributed by atoms with E-state index in [-0.39, 0.29) is 23.4 Å². The smallest absolute Gasteiger partial charge is 0.409 e. The molecule has 0 atom stereocenters. The normalized spacial score (nSPS) is 17.3. The molecule has 1 aromatic carbocycles. The molecule has 0 spiro atoms. The highest BCUT2D eigenvalue weighted by Gasteiger charge is 2.26. The van der Waals surface area contributed by atoms with Gasteiger partial charge in [0.25, 0.3) is 5.91 Å². The maximum atomic E-state index is 12.8. The third-order valence-electron chi connectivity index (χ3n) is 5.71. The fourth-order valence-electron chi connectivity index (χ4n) is 3.99. The van der Waals surface area contributed by atoms with Gasteiger partial charge >= 0.3 is 6.09 Å². The van der Waals surface area contributed by atoms with Gasteiger partial charge in [-0.05, 0) is 30.5 Å². The van der Waals surface area contributed by atoms with Gasteiger partial charge < -0.3 is 19.3 Å². The lowest BCUT2D eigenvalue weighted by Gasteiger charge is -2.34. The Balaban J connectivity index is 1.49. The van der Waals surface area contributed by atoms with Gasteiger partial charge in [-0.3, -0.25) is 9.52 Å². The van der Waals surface area contributed by atoms with E-state index in [0.29, 0.717) is 44.3 Å². The average molecular weight is 440 g/mol. The van der Waals surface area contributed by atoms with Crippen LogP contribution in [-0.2, 0) is 15.6 Å². The summed E-state index contributed by atoms with van der Waals surface area (Å²) in [5.41, 5.74) is 0.668. The first kappa shape index (κ1) is 22.2. The predicted molar refractivity (Wildman–Crippen MR) is 112 cm³/mol.